The highest BCUT2D eigenvalue weighted by Gasteiger charge is 2.40. The van der Waals surface area contributed by atoms with Crippen LogP contribution in [0.4, 0.5) is 0 Å². The Morgan fingerprint density at radius 1 is 1.54 bits per heavy atom. The zero-order valence-corrected chi connectivity index (χ0v) is 7.43. The van der Waals surface area contributed by atoms with Gasteiger partial charge in [0.2, 0.25) is 5.91 Å². The van der Waals surface area contributed by atoms with Crippen molar-refractivity contribution < 1.29 is 19.8 Å². The van der Waals surface area contributed by atoms with Crippen LogP contribution in [0.25, 0.3) is 0 Å². The molecule has 0 aliphatic carbocycles. The second-order valence-corrected chi connectivity index (χ2v) is 3.08. The topological polar surface area (TPSA) is 77.8 Å². The summed E-state index contributed by atoms with van der Waals surface area (Å²) in [7, 11) is 0. The van der Waals surface area contributed by atoms with Gasteiger partial charge in [-0.1, -0.05) is 6.92 Å². The summed E-state index contributed by atoms with van der Waals surface area (Å²) in [6.45, 7) is 2.01. The van der Waals surface area contributed by atoms with E-state index in [0.29, 0.717) is 13.0 Å². The second-order valence-electron chi connectivity index (χ2n) is 3.08. The Labute approximate surface area is 76.0 Å². The summed E-state index contributed by atoms with van der Waals surface area (Å²) in [6, 6.07) is -1.05. The summed E-state index contributed by atoms with van der Waals surface area (Å²) in [5.74, 6) is -1.35. The molecule has 1 aliphatic rings. The van der Waals surface area contributed by atoms with Crippen LogP contribution in [-0.4, -0.2) is 45.7 Å². The minimum atomic E-state index is -1.13. The summed E-state index contributed by atoms with van der Waals surface area (Å²) in [6.07, 6.45) is -0.299. The maximum absolute atomic E-state index is 11.2. The molecule has 0 saturated carbocycles. The molecule has 74 valence electrons. The van der Waals surface area contributed by atoms with Crippen LogP contribution in [0.2, 0.25) is 0 Å². The molecule has 0 radical (unpaired) electrons. The molecule has 1 fully saturated rings. The van der Waals surface area contributed by atoms with Gasteiger partial charge in [0.15, 0.2) is 6.04 Å². The summed E-state index contributed by atoms with van der Waals surface area (Å²) in [5.41, 5.74) is 0. The smallest absolute Gasteiger partial charge is 0.329 e. The lowest BCUT2D eigenvalue weighted by molar-refractivity contribution is -0.150. The second kappa shape index (κ2) is 3.74. The number of nitrogens with zero attached hydrogens (tertiary/aromatic N) is 1. The first kappa shape index (κ1) is 9.98. The van der Waals surface area contributed by atoms with Crippen LogP contribution in [0.15, 0.2) is 0 Å². The van der Waals surface area contributed by atoms with Crippen LogP contribution in [-0.2, 0) is 9.59 Å². The van der Waals surface area contributed by atoms with Gasteiger partial charge in [-0.25, -0.2) is 4.79 Å². The fourth-order valence-corrected chi connectivity index (χ4v) is 1.56. The van der Waals surface area contributed by atoms with Crippen molar-refractivity contribution in [2.24, 2.45) is 0 Å². The summed E-state index contributed by atoms with van der Waals surface area (Å²) in [5, 5.41) is 18.0. The van der Waals surface area contributed by atoms with E-state index >= 15 is 0 Å². The van der Waals surface area contributed by atoms with E-state index in [2.05, 4.69) is 0 Å². The quantitative estimate of drug-likeness (QED) is 0.607. The van der Waals surface area contributed by atoms with E-state index in [9.17, 15) is 14.7 Å². The first-order valence-corrected chi connectivity index (χ1v) is 4.28. The molecule has 1 rings (SSSR count). The van der Waals surface area contributed by atoms with Crippen molar-refractivity contribution in [2.75, 3.05) is 6.54 Å². The number of hydrogen-bond donors (Lipinski definition) is 2. The molecule has 13 heavy (non-hydrogen) atoms. The number of likely N-dealkylation sites (tertiary alicyclic amines) is 1. The number of aliphatic hydroxyl groups is 1. The standard InChI is InChI=1S/C8H13NO4/c1-2-6(11)9-4-3-5(10)7(9)8(12)13/h5,7,10H,2-4H2,1H3,(H,12,13)/t5-,7-/m1/s1. The highest BCUT2D eigenvalue weighted by atomic mass is 16.4. The number of aliphatic hydroxyl groups excluding tert-OH is 1. The SMILES string of the molecule is CCC(=O)N1CC[C@@H](O)[C@@H]1C(=O)O. The van der Waals surface area contributed by atoms with Crippen LogP contribution in [0.5, 0.6) is 0 Å². The van der Waals surface area contributed by atoms with Crippen molar-refractivity contribution in [3.8, 4) is 0 Å². The molecule has 1 heterocycles. The molecular weight excluding hydrogens is 174 g/mol. The van der Waals surface area contributed by atoms with Gasteiger partial charge in [0.1, 0.15) is 0 Å². The Hall–Kier alpha value is -1.10. The highest BCUT2D eigenvalue weighted by molar-refractivity contribution is 5.84. The summed E-state index contributed by atoms with van der Waals surface area (Å²) >= 11 is 0. The molecule has 0 bridgehead atoms. The zero-order valence-electron chi connectivity index (χ0n) is 7.43. The average molecular weight is 187 g/mol. The normalized spacial score (nSPS) is 27.7. The van der Waals surface area contributed by atoms with Gasteiger partial charge in [0.05, 0.1) is 6.10 Å². The Morgan fingerprint density at radius 3 is 2.62 bits per heavy atom. The number of carboxylic acids is 1. The van der Waals surface area contributed by atoms with E-state index in [0.717, 1.165) is 0 Å². The maximum Gasteiger partial charge on any atom is 0.329 e. The number of aliphatic carboxylic acids is 1. The minimum absolute atomic E-state index is 0.219. The van der Waals surface area contributed by atoms with Crippen molar-refractivity contribution in [2.45, 2.75) is 31.9 Å². The van der Waals surface area contributed by atoms with Crippen molar-refractivity contribution in [3.05, 3.63) is 0 Å². The first-order chi connectivity index (χ1) is 6.07. The van der Waals surface area contributed by atoms with Gasteiger partial charge in [0.25, 0.3) is 0 Å². The Kier molecular flexibility index (Phi) is 2.87. The molecule has 1 aliphatic heterocycles. The molecule has 0 aromatic heterocycles. The van der Waals surface area contributed by atoms with Crippen molar-refractivity contribution in [3.63, 3.8) is 0 Å². The maximum atomic E-state index is 11.2. The van der Waals surface area contributed by atoms with Crippen LogP contribution in [0.3, 0.4) is 0 Å². The molecular formula is C8H13NO4. The van der Waals surface area contributed by atoms with E-state index < -0.39 is 18.1 Å². The van der Waals surface area contributed by atoms with Gasteiger partial charge in [-0.2, -0.15) is 0 Å². The number of carbonyl (C=O) groups is 2. The van der Waals surface area contributed by atoms with Crippen LogP contribution < -0.4 is 0 Å². The highest BCUT2D eigenvalue weighted by Crippen LogP contribution is 2.18. The lowest BCUT2D eigenvalue weighted by atomic mass is 10.2. The van der Waals surface area contributed by atoms with Gasteiger partial charge < -0.3 is 15.1 Å². The lowest BCUT2D eigenvalue weighted by Gasteiger charge is -2.21. The predicted molar refractivity (Wildman–Crippen MR) is 44.1 cm³/mol. The molecule has 2 N–H and O–H groups in total. The molecule has 0 unspecified atom stereocenters. The number of carboxylic acid groups (broad SMARTS) is 1. The van der Waals surface area contributed by atoms with E-state index in [1.807, 2.05) is 0 Å². The molecule has 1 amide bonds. The summed E-state index contributed by atoms with van der Waals surface area (Å²) in [4.78, 5) is 23.1. The molecule has 5 heteroatoms. The Balaban J connectivity index is 2.75. The van der Waals surface area contributed by atoms with E-state index in [1.165, 1.54) is 4.90 Å². The van der Waals surface area contributed by atoms with Gasteiger partial charge in [0, 0.05) is 13.0 Å². The third-order valence-electron chi connectivity index (χ3n) is 2.24. The largest absolute Gasteiger partial charge is 0.480 e. The van der Waals surface area contributed by atoms with E-state index in [-0.39, 0.29) is 12.3 Å². The van der Waals surface area contributed by atoms with Crippen LogP contribution in [0.1, 0.15) is 19.8 Å². The van der Waals surface area contributed by atoms with Crippen molar-refractivity contribution >= 4 is 11.9 Å². The average Bonchev–Trinajstić information content (AvgIpc) is 2.45. The minimum Gasteiger partial charge on any atom is -0.480 e. The van der Waals surface area contributed by atoms with Crippen LogP contribution in [0, 0.1) is 0 Å². The molecule has 2 atom stereocenters. The van der Waals surface area contributed by atoms with E-state index in [4.69, 9.17) is 5.11 Å². The first-order valence-electron chi connectivity index (χ1n) is 4.28. The molecule has 0 spiro atoms. The third-order valence-corrected chi connectivity index (χ3v) is 2.24. The molecule has 1 saturated heterocycles. The lowest BCUT2D eigenvalue weighted by Crippen LogP contribution is -2.44. The molecule has 5 nitrogen and oxygen atoms in total. The van der Waals surface area contributed by atoms with Gasteiger partial charge in [-0.05, 0) is 6.42 Å². The van der Waals surface area contributed by atoms with Crippen molar-refractivity contribution in [1.82, 2.24) is 4.90 Å². The summed E-state index contributed by atoms with van der Waals surface area (Å²) < 4.78 is 0. The fraction of sp³-hybridized carbons (Fsp3) is 0.750. The fourth-order valence-electron chi connectivity index (χ4n) is 1.56. The van der Waals surface area contributed by atoms with Gasteiger partial charge in [-0.15, -0.1) is 0 Å². The zero-order chi connectivity index (χ0) is 10.0. The van der Waals surface area contributed by atoms with E-state index in [1.54, 1.807) is 6.92 Å². The molecule has 0 aromatic rings. The number of carbonyl (C=O) groups excluding carboxylic acids is 1. The Bertz CT molecular complexity index is 228. The monoisotopic (exact) mass is 187 g/mol. The number of amides is 1. The molecule has 0 aromatic carbocycles. The van der Waals surface area contributed by atoms with Gasteiger partial charge >= 0.3 is 5.97 Å². The number of hydrogen-bond acceptors (Lipinski definition) is 3. The van der Waals surface area contributed by atoms with Crippen molar-refractivity contribution in [1.29, 1.82) is 0 Å². The number of rotatable bonds is 2. The third kappa shape index (κ3) is 1.80. The Morgan fingerprint density at radius 2 is 2.15 bits per heavy atom. The predicted octanol–water partition coefficient (Wildman–Crippen LogP) is -0.557. The van der Waals surface area contributed by atoms with Crippen LogP contribution >= 0.6 is 0 Å². The van der Waals surface area contributed by atoms with Gasteiger partial charge in [-0.3, -0.25) is 4.79 Å².